The molecule has 3 aromatic heterocycles. The first-order valence-electron chi connectivity index (χ1n) is 10.3. The van der Waals surface area contributed by atoms with E-state index in [9.17, 15) is 14.4 Å². The summed E-state index contributed by atoms with van der Waals surface area (Å²) in [7, 11) is 2.95. The molecule has 1 amide bonds. The highest BCUT2D eigenvalue weighted by molar-refractivity contribution is 7.10. The van der Waals surface area contributed by atoms with Gasteiger partial charge < -0.3 is 5.32 Å². The maximum Gasteiger partial charge on any atom is 0.332 e. The molecule has 7 nitrogen and oxygen atoms in total. The zero-order chi connectivity index (χ0) is 23.0. The summed E-state index contributed by atoms with van der Waals surface area (Å²) in [6, 6.07) is 13.3. The van der Waals surface area contributed by atoms with Crippen molar-refractivity contribution in [1.29, 1.82) is 0 Å². The summed E-state index contributed by atoms with van der Waals surface area (Å²) in [6.45, 7) is 4.28. The van der Waals surface area contributed by atoms with Gasteiger partial charge in [-0.3, -0.25) is 18.7 Å². The van der Waals surface area contributed by atoms with Crippen LogP contribution in [-0.2, 0) is 14.1 Å². The minimum atomic E-state index is -0.482. The van der Waals surface area contributed by atoms with Crippen LogP contribution in [0.3, 0.4) is 0 Å². The molecule has 3 heterocycles. The lowest BCUT2D eigenvalue weighted by atomic mass is 9.98. The van der Waals surface area contributed by atoms with Gasteiger partial charge in [-0.25, -0.2) is 9.78 Å². The van der Waals surface area contributed by atoms with E-state index in [1.807, 2.05) is 29.6 Å². The lowest BCUT2D eigenvalue weighted by Crippen LogP contribution is -2.37. The number of hydrogen-bond acceptors (Lipinski definition) is 5. The highest BCUT2D eigenvalue weighted by Crippen LogP contribution is 2.28. The van der Waals surface area contributed by atoms with Crippen LogP contribution in [0.1, 0.15) is 52.2 Å². The molecular formula is C24H24N4O3S. The molecule has 0 fully saturated rings. The van der Waals surface area contributed by atoms with E-state index in [0.717, 1.165) is 15.0 Å². The summed E-state index contributed by atoms with van der Waals surface area (Å²) in [6.07, 6.45) is 1.39. The van der Waals surface area contributed by atoms with Crippen LogP contribution in [0.4, 0.5) is 0 Å². The summed E-state index contributed by atoms with van der Waals surface area (Å²) < 4.78 is 2.31. The number of carbonyl (C=O) groups is 1. The number of aromatic nitrogens is 3. The fourth-order valence-corrected chi connectivity index (χ4v) is 4.45. The number of fused-ring (bicyclic) bond motifs is 1. The van der Waals surface area contributed by atoms with Crippen molar-refractivity contribution in [1.82, 2.24) is 19.4 Å². The molecule has 0 radical (unpaired) electrons. The molecule has 0 saturated heterocycles. The fourth-order valence-electron chi connectivity index (χ4n) is 3.65. The van der Waals surface area contributed by atoms with E-state index in [2.05, 4.69) is 36.3 Å². The third kappa shape index (κ3) is 3.89. The van der Waals surface area contributed by atoms with Gasteiger partial charge in [0.25, 0.3) is 11.5 Å². The smallest absolute Gasteiger partial charge is 0.332 e. The minimum absolute atomic E-state index is 0.219. The summed E-state index contributed by atoms with van der Waals surface area (Å²) in [5.41, 5.74) is 1.75. The number of thiophene rings is 1. The Kier molecular flexibility index (Phi) is 5.80. The lowest BCUT2D eigenvalue weighted by molar-refractivity contribution is 0.0943. The maximum absolute atomic E-state index is 13.2. The number of hydrogen-bond donors (Lipinski definition) is 1. The normalized spacial score (nSPS) is 12.3. The number of rotatable bonds is 5. The second-order valence-corrected chi connectivity index (χ2v) is 9.02. The molecule has 4 aromatic rings. The van der Waals surface area contributed by atoms with Gasteiger partial charge in [0.15, 0.2) is 0 Å². The van der Waals surface area contributed by atoms with E-state index in [1.54, 1.807) is 18.4 Å². The number of nitrogens with one attached hydrogen (secondary N) is 1. The topological polar surface area (TPSA) is 86.0 Å². The van der Waals surface area contributed by atoms with Crippen LogP contribution >= 0.6 is 11.3 Å². The highest BCUT2D eigenvalue weighted by atomic mass is 32.1. The van der Waals surface area contributed by atoms with Crippen LogP contribution in [-0.4, -0.2) is 20.0 Å². The molecule has 1 N–H and O–H groups in total. The van der Waals surface area contributed by atoms with E-state index in [1.165, 1.54) is 29.4 Å². The van der Waals surface area contributed by atoms with Crippen molar-refractivity contribution in [2.24, 2.45) is 14.1 Å². The summed E-state index contributed by atoms with van der Waals surface area (Å²) in [4.78, 5) is 43.1. The molecular weight excluding hydrogens is 424 g/mol. The summed E-state index contributed by atoms with van der Waals surface area (Å²) in [5.74, 6) is 0.0720. The Labute approximate surface area is 189 Å². The molecule has 0 aliphatic rings. The molecule has 1 aromatic carbocycles. The number of nitrogens with zero attached hydrogens (tertiary/aromatic N) is 3. The van der Waals surface area contributed by atoms with Gasteiger partial charge in [-0.15, -0.1) is 11.3 Å². The second kappa shape index (κ2) is 8.55. The average Bonchev–Trinajstić information content (AvgIpc) is 3.34. The third-order valence-electron chi connectivity index (χ3n) is 5.60. The lowest BCUT2D eigenvalue weighted by Gasteiger charge is -2.19. The van der Waals surface area contributed by atoms with Crippen LogP contribution < -0.4 is 16.6 Å². The second-order valence-electron chi connectivity index (χ2n) is 8.04. The van der Waals surface area contributed by atoms with Crippen LogP contribution in [0, 0.1) is 0 Å². The number of benzene rings is 1. The van der Waals surface area contributed by atoms with Crippen LogP contribution in [0.25, 0.3) is 11.0 Å². The van der Waals surface area contributed by atoms with Crippen molar-refractivity contribution in [2.75, 3.05) is 0 Å². The van der Waals surface area contributed by atoms with Gasteiger partial charge in [0.1, 0.15) is 5.65 Å². The quantitative estimate of drug-likeness (QED) is 0.507. The van der Waals surface area contributed by atoms with Gasteiger partial charge in [-0.05, 0) is 34.6 Å². The number of amides is 1. The fraction of sp³-hybridized carbons (Fsp3) is 0.250. The van der Waals surface area contributed by atoms with Crippen molar-refractivity contribution in [3.8, 4) is 0 Å². The Hall–Kier alpha value is -3.52. The molecule has 1 atom stereocenters. The van der Waals surface area contributed by atoms with Gasteiger partial charge in [0.05, 0.1) is 17.0 Å². The predicted molar refractivity (Wildman–Crippen MR) is 126 cm³/mol. The molecule has 1 unspecified atom stereocenters. The van der Waals surface area contributed by atoms with Gasteiger partial charge in [-0.1, -0.05) is 44.2 Å². The standard InChI is InChI=1S/C24H24N4O3S/c1-14(2)15-7-9-16(10-8-15)20(19-6-5-11-32-19)26-22(29)17-12-18-21(25-13-17)27(3)24(31)28(4)23(18)30/h5-14,20H,1-4H3,(H,26,29). The molecule has 0 spiro atoms. The van der Waals surface area contributed by atoms with E-state index in [4.69, 9.17) is 0 Å². The maximum atomic E-state index is 13.2. The first-order valence-corrected chi connectivity index (χ1v) is 11.2. The van der Waals surface area contributed by atoms with Crippen molar-refractivity contribution >= 4 is 28.3 Å². The average molecular weight is 449 g/mol. The first kappa shape index (κ1) is 21.7. The molecule has 0 saturated carbocycles. The zero-order valence-corrected chi connectivity index (χ0v) is 19.1. The Balaban J connectivity index is 1.72. The van der Waals surface area contributed by atoms with Gasteiger partial charge in [0, 0.05) is 25.2 Å². The van der Waals surface area contributed by atoms with Gasteiger partial charge in [0.2, 0.25) is 0 Å². The van der Waals surface area contributed by atoms with E-state index in [-0.39, 0.29) is 28.5 Å². The molecule has 32 heavy (non-hydrogen) atoms. The number of aryl methyl sites for hydroxylation is 1. The molecule has 0 aliphatic carbocycles. The third-order valence-corrected chi connectivity index (χ3v) is 6.53. The number of carbonyl (C=O) groups excluding carboxylic acids is 1. The Bertz CT molecular complexity index is 1400. The molecule has 4 rings (SSSR count). The van der Waals surface area contributed by atoms with Crippen molar-refractivity contribution in [3.05, 3.63) is 96.4 Å². The number of pyridine rings is 1. The van der Waals surface area contributed by atoms with Crippen LogP contribution in [0.2, 0.25) is 0 Å². The van der Waals surface area contributed by atoms with Crippen molar-refractivity contribution in [2.45, 2.75) is 25.8 Å². The Morgan fingerprint density at radius 3 is 2.34 bits per heavy atom. The van der Waals surface area contributed by atoms with Gasteiger partial charge in [-0.2, -0.15) is 0 Å². The van der Waals surface area contributed by atoms with Crippen molar-refractivity contribution < 1.29 is 4.79 Å². The molecule has 164 valence electrons. The predicted octanol–water partition coefficient (Wildman–Crippen LogP) is 3.34. The van der Waals surface area contributed by atoms with Crippen LogP contribution in [0.15, 0.2) is 63.6 Å². The molecule has 0 bridgehead atoms. The summed E-state index contributed by atoms with van der Waals surface area (Å²) >= 11 is 1.56. The highest BCUT2D eigenvalue weighted by Gasteiger charge is 2.20. The summed E-state index contributed by atoms with van der Waals surface area (Å²) in [5, 5.41) is 5.27. The SMILES string of the molecule is CC(C)c1ccc(C(NC(=O)c2cnc3c(c2)c(=O)n(C)c(=O)n3C)c2cccs2)cc1. The minimum Gasteiger partial charge on any atom is -0.340 e. The van der Waals surface area contributed by atoms with Crippen LogP contribution in [0.5, 0.6) is 0 Å². The van der Waals surface area contributed by atoms with E-state index >= 15 is 0 Å². The van der Waals surface area contributed by atoms with E-state index in [0.29, 0.717) is 5.92 Å². The Morgan fingerprint density at radius 1 is 1.03 bits per heavy atom. The largest absolute Gasteiger partial charge is 0.340 e. The zero-order valence-electron chi connectivity index (χ0n) is 18.3. The Morgan fingerprint density at radius 2 is 1.72 bits per heavy atom. The molecule has 8 heteroatoms. The van der Waals surface area contributed by atoms with Crippen molar-refractivity contribution in [3.63, 3.8) is 0 Å². The van der Waals surface area contributed by atoms with Gasteiger partial charge >= 0.3 is 5.69 Å². The monoisotopic (exact) mass is 448 g/mol. The first-order chi connectivity index (χ1) is 15.3. The van der Waals surface area contributed by atoms with E-state index < -0.39 is 11.2 Å². The molecule has 0 aliphatic heterocycles.